The Hall–Kier alpha value is -3.71. The van der Waals surface area contributed by atoms with Crippen LogP contribution in [0.4, 0.5) is 0 Å². The molecule has 4 aromatic rings. The third kappa shape index (κ3) is 5.61. The van der Waals surface area contributed by atoms with E-state index >= 15 is 0 Å². The van der Waals surface area contributed by atoms with Gasteiger partial charge in [-0.3, -0.25) is 9.59 Å². The van der Waals surface area contributed by atoms with Crippen LogP contribution in [0.3, 0.4) is 0 Å². The molecule has 2 atom stereocenters. The Bertz CT molecular complexity index is 1550. The predicted octanol–water partition coefficient (Wildman–Crippen LogP) is 6.09. The normalized spacial score (nSPS) is 14.9. The minimum atomic E-state index is -0.264. The number of aromatic nitrogens is 3. The highest BCUT2D eigenvalue weighted by Crippen LogP contribution is 2.35. The minimum Gasteiger partial charge on any atom is -0.466 e. The number of fused-ring (bicyclic) bond motifs is 2. The number of benzene rings is 3. The number of esters is 1. The van der Waals surface area contributed by atoms with E-state index in [0.717, 1.165) is 51.7 Å². The summed E-state index contributed by atoms with van der Waals surface area (Å²) in [6.07, 6.45) is 2.03. The van der Waals surface area contributed by atoms with Crippen LogP contribution in [-0.2, 0) is 34.3 Å². The predicted molar refractivity (Wildman–Crippen MR) is 156 cm³/mol. The van der Waals surface area contributed by atoms with E-state index in [4.69, 9.17) is 16.3 Å². The van der Waals surface area contributed by atoms with Gasteiger partial charge in [0.2, 0.25) is 5.91 Å². The second kappa shape index (κ2) is 11.8. The average molecular weight is 559 g/mol. The van der Waals surface area contributed by atoms with Gasteiger partial charge in [0.25, 0.3) is 0 Å². The van der Waals surface area contributed by atoms with E-state index in [2.05, 4.69) is 34.6 Å². The standard InChI is InChI=1S/C32H35ClN4O3/c1-5-40-30(38)18-28(27-14-15-29-31(21(27)3)34-35-36(29)4)24-9-8-23-7-6-16-37(19-25(23)17-24)32(39)20(2)22-10-12-26(33)13-11-22/h8-15,17,20,28H,5-7,16,18-19H2,1-4H3. The maximum atomic E-state index is 13.6. The van der Waals surface area contributed by atoms with Crippen LogP contribution in [0.15, 0.2) is 54.6 Å². The summed E-state index contributed by atoms with van der Waals surface area (Å²) < 4.78 is 7.13. The van der Waals surface area contributed by atoms with Gasteiger partial charge in [-0.1, -0.05) is 53.2 Å². The van der Waals surface area contributed by atoms with Crippen molar-refractivity contribution in [3.05, 3.63) is 93.0 Å². The summed E-state index contributed by atoms with van der Waals surface area (Å²) in [5.74, 6) is -0.613. The maximum Gasteiger partial charge on any atom is 0.306 e. The number of amides is 1. The van der Waals surface area contributed by atoms with Gasteiger partial charge in [-0.2, -0.15) is 0 Å². The average Bonchev–Trinajstić information content (AvgIpc) is 3.19. The van der Waals surface area contributed by atoms with Crippen LogP contribution in [0.5, 0.6) is 0 Å². The molecule has 1 aliphatic heterocycles. The lowest BCUT2D eigenvalue weighted by molar-refractivity contribution is -0.143. The molecule has 7 nitrogen and oxygen atoms in total. The molecule has 5 rings (SSSR count). The Kier molecular flexibility index (Phi) is 8.22. The zero-order valence-electron chi connectivity index (χ0n) is 23.5. The van der Waals surface area contributed by atoms with Crippen LogP contribution in [0.1, 0.15) is 71.9 Å². The van der Waals surface area contributed by atoms with Crippen molar-refractivity contribution in [2.24, 2.45) is 7.05 Å². The lowest BCUT2D eigenvalue weighted by atomic mass is 9.84. The number of ether oxygens (including phenoxy) is 1. The van der Waals surface area contributed by atoms with Crippen molar-refractivity contribution in [1.82, 2.24) is 19.9 Å². The van der Waals surface area contributed by atoms with E-state index in [9.17, 15) is 9.59 Å². The van der Waals surface area contributed by atoms with Gasteiger partial charge < -0.3 is 9.64 Å². The summed E-state index contributed by atoms with van der Waals surface area (Å²) in [6, 6.07) is 18.0. The first-order chi connectivity index (χ1) is 19.3. The van der Waals surface area contributed by atoms with Crippen LogP contribution >= 0.6 is 11.6 Å². The summed E-state index contributed by atoms with van der Waals surface area (Å²) in [6.45, 7) is 7.38. The highest BCUT2D eigenvalue weighted by molar-refractivity contribution is 6.30. The van der Waals surface area contributed by atoms with Crippen molar-refractivity contribution < 1.29 is 14.3 Å². The molecule has 0 saturated heterocycles. The van der Waals surface area contributed by atoms with Crippen molar-refractivity contribution in [2.75, 3.05) is 13.2 Å². The second-order valence-electron chi connectivity index (χ2n) is 10.6. The number of rotatable bonds is 7. The molecule has 0 bridgehead atoms. The molecule has 2 unspecified atom stereocenters. The lowest BCUT2D eigenvalue weighted by Crippen LogP contribution is -2.34. The lowest BCUT2D eigenvalue weighted by Gasteiger charge is -2.26. The Labute approximate surface area is 240 Å². The zero-order valence-corrected chi connectivity index (χ0v) is 24.2. The topological polar surface area (TPSA) is 77.3 Å². The van der Waals surface area contributed by atoms with Crippen LogP contribution in [-0.4, -0.2) is 44.9 Å². The van der Waals surface area contributed by atoms with Crippen molar-refractivity contribution in [1.29, 1.82) is 0 Å². The van der Waals surface area contributed by atoms with Crippen LogP contribution in [0, 0.1) is 6.92 Å². The Morgan fingerprint density at radius 1 is 1.05 bits per heavy atom. The van der Waals surface area contributed by atoms with Crippen molar-refractivity contribution in [3.63, 3.8) is 0 Å². The molecule has 2 heterocycles. The molecule has 1 aromatic heterocycles. The fraction of sp³-hybridized carbons (Fsp3) is 0.375. The summed E-state index contributed by atoms with van der Waals surface area (Å²) in [5.41, 5.74) is 8.16. The molecule has 1 amide bonds. The number of carbonyl (C=O) groups excluding carboxylic acids is 2. The molecule has 0 spiro atoms. The van der Waals surface area contributed by atoms with E-state index in [-0.39, 0.29) is 30.1 Å². The zero-order chi connectivity index (χ0) is 28.4. The Morgan fingerprint density at radius 2 is 1.80 bits per heavy atom. The maximum absolute atomic E-state index is 13.6. The SMILES string of the molecule is CCOC(=O)CC(c1ccc2c(c1)CN(C(=O)C(C)c1ccc(Cl)cc1)CCC2)c1ccc2c(nnn2C)c1C. The summed E-state index contributed by atoms with van der Waals surface area (Å²) in [4.78, 5) is 28.3. The van der Waals surface area contributed by atoms with Gasteiger partial charge in [0.15, 0.2) is 0 Å². The quantitative estimate of drug-likeness (QED) is 0.256. The van der Waals surface area contributed by atoms with Crippen molar-refractivity contribution in [3.8, 4) is 0 Å². The molecular weight excluding hydrogens is 524 g/mol. The van der Waals surface area contributed by atoms with Crippen molar-refractivity contribution >= 4 is 34.5 Å². The number of carbonyl (C=O) groups is 2. The van der Waals surface area contributed by atoms with E-state index in [0.29, 0.717) is 24.7 Å². The fourth-order valence-corrected chi connectivity index (χ4v) is 5.90. The smallest absolute Gasteiger partial charge is 0.306 e. The molecule has 208 valence electrons. The largest absolute Gasteiger partial charge is 0.466 e. The number of aryl methyl sites for hydroxylation is 3. The van der Waals surface area contributed by atoms with Crippen molar-refractivity contribution in [2.45, 2.75) is 58.4 Å². The highest BCUT2D eigenvalue weighted by atomic mass is 35.5. The molecule has 0 fully saturated rings. The van der Waals surface area contributed by atoms with Crippen LogP contribution in [0.25, 0.3) is 11.0 Å². The van der Waals surface area contributed by atoms with Crippen LogP contribution < -0.4 is 0 Å². The summed E-state index contributed by atoms with van der Waals surface area (Å²) >= 11 is 6.06. The van der Waals surface area contributed by atoms with Gasteiger partial charge in [-0.05, 0) is 85.2 Å². The van der Waals surface area contributed by atoms with Gasteiger partial charge in [-0.15, -0.1) is 5.10 Å². The van der Waals surface area contributed by atoms with Gasteiger partial charge in [0, 0.05) is 31.1 Å². The third-order valence-electron chi connectivity index (χ3n) is 8.05. The molecule has 8 heteroatoms. The van der Waals surface area contributed by atoms with E-state index in [1.54, 1.807) is 4.68 Å². The monoisotopic (exact) mass is 558 g/mol. The number of hydrogen-bond acceptors (Lipinski definition) is 5. The minimum absolute atomic E-state index is 0.104. The summed E-state index contributed by atoms with van der Waals surface area (Å²) in [7, 11) is 1.87. The second-order valence-corrected chi connectivity index (χ2v) is 11.0. The molecular formula is C32H35ClN4O3. The first kappa shape index (κ1) is 27.8. The Morgan fingerprint density at radius 3 is 2.55 bits per heavy atom. The summed E-state index contributed by atoms with van der Waals surface area (Å²) in [5, 5.41) is 9.22. The van der Waals surface area contributed by atoms with Gasteiger partial charge in [0.1, 0.15) is 5.52 Å². The molecule has 0 N–H and O–H groups in total. The van der Waals surface area contributed by atoms with Crippen LogP contribution in [0.2, 0.25) is 5.02 Å². The van der Waals surface area contributed by atoms with E-state index in [1.165, 1.54) is 5.56 Å². The number of halogens is 1. The van der Waals surface area contributed by atoms with Gasteiger partial charge in [0.05, 0.1) is 24.5 Å². The van der Waals surface area contributed by atoms with Gasteiger partial charge in [-0.25, -0.2) is 4.68 Å². The van der Waals surface area contributed by atoms with Gasteiger partial charge >= 0.3 is 5.97 Å². The Balaban J connectivity index is 1.48. The molecule has 0 aliphatic carbocycles. The first-order valence-electron chi connectivity index (χ1n) is 13.9. The highest BCUT2D eigenvalue weighted by Gasteiger charge is 2.27. The third-order valence-corrected chi connectivity index (χ3v) is 8.30. The fourth-order valence-electron chi connectivity index (χ4n) is 5.77. The molecule has 1 aliphatic rings. The molecule has 40 heavy (non-hydrogen) atoms. The van der Waals surface area contributed by atoms with E-state index in [1.807, 2.05) is 63.1 Å². The number of nitrogens with zero attached hydrogens (tertiary/aromatic N) is 4. The molecule has 0 saturated carbocycles. The first-order valence-corrected chi connectivity index (χ1v) is 14.2. The van der Waals surface area contributed by atoms with E-state index < -0.39 is 0 Å². The molecule has 3 aromatic carbocycles. The molecule has 0 radical (unpaired) electrons. The number of hydrogen-bond donors (Lipinski definition) is 0.